The summed E-state index contributed by atoms with van der Waals surface area (Å²) in [6.07, 6.45) is 0.556. The Labute approximate surface area is 79.3 Å². The van der Waals surface area contributed by atoms with Gasteiger partial charge in [-0.2, -0.15) is 0 Å². The topological polar surface area (TPSA) is 49.4 Å². The van der Waals surface area contributed by atoms with Crippen molar-refractivity contribution in [3.8, 4) is 0 Å². The lowest BCUT2D eigenvalue weighted by Crippen LogP contribution is -2.33. The molecule has 0 fully saturated rings. The number of carbonyl (C=O) groups excluding carboxylic acids is 2. The Bertz CT molecular complexity index is 190. The van der Waals surface area contributed by atoms with Crippen molar-refractivity contribution in [3.63, 3.8) is 0 Å². The van der Waals surface area contributed by atoms with Crippen LogP contribution in [0, 0.1) is 0 Å². The number of carbonyl (C=O) groups is 2. The Morgan fingerprint density at radius 3 is 2.23 bits per heavy atom. The smallest absolute Gasteiger partial charge is 0.223 e. The fourth-order valence-corrected chi connectivity index (χ4v) is 0.810. The molecular formula is C9H18N2O2. The number of nitrogens with one attached hydrogen (secondary N) is 1. The van der Waals surface area contributed by atoms with E-state index < -0.39 is 0 Å². The zero-order chi connectivity index (χ0) is 10.4. The van der Waals surface area contributed by atoms with Gasteiger partial charge in [-0.15, -0.1) is 0 Å². The number of amides is 2. The Kier molecular flexibility index (Phi) is 5.11. The third-order valence-electron chi connectivity index (χ3n) is 2.01. The molecular weight excluding hydrogens is 168 g/mol. The summed E-state index contributed by atoms with van der Waals surface area (Å²) in [5.41, 5.74) is 0. The van der Waals surface area contributed by atoms with Crippen LogP contribution in [0.3, 0.4) is 0 Å². The minimum absolute atomic E-state index is 0.0126. The van der Waals surface area contributed by atoms with Crippen LogP contribution in [-0.4, -0.2) is 36.9 Å². The SMILES string of the molecule is CNC(=O)CCC(=O)N(C)C(C)C. The molecule has 0 unspecified atom stereocenters. The molecule has 0 atom stereocenters. The number of nitrogens with zero attached hydrogens (tertiary/aromatic N) is 1. The van der Waals surface area contributed by atoms with Crippen LogP contribution in [0.15, 0.2) is 0 Å². The molecule has 0 heterocycles. The Balaban J connectivity index is 3.81. The molecule has 0 radical (unpaired) electrons. The van der Waals surface area contributed by atoms with E-state index >= 15 is 0 Å². The van der Waals surface area contributed by atoms with Gasteiger partial charge in [0.05, 0.1) is 0 Å². The zero-order valence-electron chi connectivity index (χ0n) is 8.76. The molecule has 0 saturated carbocycles. The van der Waals surface area contributed by atoms with Crippen LogP contribution in [0.5, 0.6) is 0 Å². The minimum atomic E-state index is -0.0921. The maximum Gasteiger partial charge on any atom is 0.223 e. The molecule has 0 spiro atoms. The van der Waals surface area contributed by atoms with Crippen molar-refractivity contribution in [2.24, 2.45) is 0 Å². The quantitative estimate of drug-likeness (QED) is 0.690. The third-order valence-corrected chi connectivity index (χ3v) is 2.01. The van der Waals surface area contributed by atoms with Crippen molar-refractivity contribution in [3.05, 3.63) is 0 Å². The van der Waals surface area contributed by atoms with Gasteiger partial charge >= 0.3 is 0 Å². The average Bonchev–Trinajstić information content (AvgIpc) is 2.11. The van der Waals surface area contributed by atoms with Gasteiger partial charge in [-0.1, -0.05) is 0 Å². The first-order valence-corrected chi connectivity index (χ1v) is 4.45. The standard InChI is InChI=1S/C9H18N2O2/c1-7(2)11(4)9(13)6-5-8(12)10-3/h7H,5-6H2,1-4H3,(H,10,12). The second-order valence-electron chi connectivity index (χ2n) is 3.27. The van der Waals surface area contributed by atoms with Crippen LogP contribution in [0.4, 0.5) is 0 Å². The van der Waals surface area contributed by atoms with Crippen LogP contribution >= 0.6 is 0 Å². The maximum absolute atomic E-state index is 11.4. The van der Waals surface area contributed by atoms with Crippen molar-refractivity contribution >= 4 is 11.8 Å². The van der Waals surface area contributed by atoms with Gasteiger partial charge in [0.1, 0.15) is 0 Å². The first-order chi connectivity index (χ1) is 5.99. The van der Waals surface area contributed by atoms with Gasteiger partial charge < -0.3 is 10.2 Å². The van der Waals surface area contributed by atoms with E-state index in [1.807, 2.05) is 13.8 Å². The molecule has 0 rings (SSSR count). The van der Waals surface area contributed by atoms with Crippen molar-refractivity contribution in [1.82, 2.24) is 10.2 Å². The Hall–Kier alpha value is -1.06. The molecule has 4 nitrogen and oxygen atoms in total. The van der Waals surface area contributed by atoms with Gasteiger partial charge in [-0.25, -0.2) is 0 Å². The van der Waals surface area contributed by atoms with Gasteiger partial charge in [-0.3, -0.25) is 9.59 Å². The lowest BCUT2D eigenvalue weighted by molar-refractivity contribution is -0.133. The lowest BCUT2D eigenvalue weighted by Gasteiger charge is -2.21. The van der Waals surface area contributed by atoms with Gasteiger partial charge in [0.25, 0.3) is 0 Å². The second-order valence-corrected chi connectivity index (χ2v) is 3.27. The molecule has 1 N–H and O–H groups in total. The van der Waals surface area contributed by atoms with Crippen molar-refractivity contribution in [2.45, 2.75) is 32.7 Å². The molecule has 0 aliphatic carbocycles. The van der Waals surface area contributed by atoms with Crippen molar-refractivity contribution in [1.29, 1.82) is 0 Å². The summed E-state index contributed by atoms with van der Waals surface area (Å²) in [5.74, 6) is -0.0795. The highest BCUT2D eigenvalue weighted by molar-refractivity contribution is 5.83. The highest BCUT2D eigenvalue weighted by Gasteiger charge is 2.12. The van der Waals surface area contributed by atoms with Crippen molar-refractivity contribution in [2.75, 3.05) is 14.1 Å². The molecule has 0 aromatic rings. The predicted molar refractivity (Wildman–Crippen MR) is 51.2 cm³/mol. The molecule has 0 aliphatic rings. The summed E-state index contributed by atoms with van der Waals surface area (Å²) in [6.45, 7) is 3.88. The molecule has 0 aromatic heterocycles. The normalized spacial score (nSPS) is 9.92. The van der Waals surface area contributed by atoms with Gasteiger partial charge in [0, 0.05) is 33.0 Å². The van der Waals surface area contributed by atoms with E-state index in [0.29, 0.717) is 0 Å². The zero-order valence-corrected chi connectivity index (χ0v) is 8.76. The maximum atomic E-state index is 11.4. The van der Waals surface area contributed by atoms with Crippen LogP contribution in [0.1, 0.15) is 26.7 Å². The van der Waals surface area contributed by atoms with Crippen LogP contribution in [0.2, 0.25) is 0 Å². The summed E-state index contributed by atoms with van der Waals surface area (Å²) >= 11 is 0. The lowest BCUT2D eigenvalue weighted by atomic mass is 10.2. The molecule has 2 amide bonds. The van der Waals surface area contributed by atoms with E-state index in [9.17, 15) is 9.59 Å². The molecule has 0 bridgehead atoms. The largest absolute Gasteiger partial charge is 0.359 e. The van der Waals surface area contributed by atoms with Crippen LogP contribution < -0.4 is 5.32 Å². The number of rotatable bonds is 4. The van der Waals surface area contributed by atoms with E-state index in [-0.39, 0.29) is 30.7 Å². The third kappa shape index (κ3) is 4.50. The summed E-state index contributed by atoms with van der Waals surface area (Å²) in [4.78, 5) is 23.8. The first-order valence-electron chi connectivity index (χ1n) is 4.45. The van der Waals surface area contributed by atoms with E-state index in [0.717, 1.165) is 0 Å². The highest BCUT2D eigenvalue weighted by atomic mass is 16.2. The molecule has 4 heteroatoms. The number of hydrogen-bond acceptors (Lipinski definition) is 2. The number of hydrogen-bond donors (Lipinski definition) is 1. The van der Waals surface area contributed by atoms with E-state index in [1.54, 1.807) is 19.0 Å². The van der Waals surface area contributed by atoms with Crippen LogP contribution in [0.25, 0.3) is 0 Å². The second kappa shape index (κ2) is 5.56. The average molecular weight is 186 g/mol. The van der Waals surface area contributed by atoms with E-state index in [2.05, 4.69) is 5.32 Å². The summed E-state index contributed by atoms with van der Waals surface area (Å²) in [6, 6.07) is 0.192. The molecule has 0 saturated heterocycles. The summed E-state index contributed by atoms with van der Waals surface area (Å²) < 4.78 is 0. The van der Waals surface area contributed by atoms with Gasteiger partial charge in [0.15, 0.2) is 0 Å². The van der Waals surface area contributed by atoms with Gasteiger partial charge in [-0.05, 0) is 13.8 Å². The van der Waals surface area contributed by atoms with E-state index in [4.69, 9.17) is 0 Å². The molecule has 0 aliphatic heterocycles. The first kappa shape index (κ1) is 11.9. The monoisotopic (exact) mass is 186 g/mol. The Morgan fingerprint density at radius 2 is 1.85 bits per heavy atom. The minimum Gasteiger partial charge on any atom is -0.359 e. The summed E-state index contributed by atoms with van der Waals surface area (Å²) in [5, 5.41) is 2.48. The Morgan fingerprint density at radius 1 is 1.31 bits per heavy atom. The van der Waals surface area contributed by atoms with Gasteiger partial charge in [0.2, 0.25) is 11.8 Å². The molecule has 0 aromatic carbocycles. The van der Waals surface area contributed by atoms with E-state index in [1.165, 1.54) is 0 Å². The fourth-order valence-electron chi connectivity index (χ4n) is 0.810. The predicted octanol–water partition coefficient (Wildman–Crippen LogP) is 0.379. The highest BCUT2D eigenvalue weighted by Crippen LogP contribution is 2.00. The van der Waals surface area contributed by atoms with Crippen LogP contribution in [-0.2, 0) is 9.59 Å². The van der Waals surface area contributed by atoms with Crippen molar-refractivity contribution < 1.29 is 9.59 Å². The fraction of sp³-hybridized carbons (Fsp3) is 0.778. The summed E-state index contributed by atoms with van der Waals surface area (Å²) in [7, 11) is 3.32. The molecule has 13 heavy (non-hydrogen) atoms. The molecule has 76 valence electrons.